The van der Waals surface area contributed by atoms with E-state index in [1.165, 1.54) is 5.56 Å². The van der Waals surface area contributed by atoms with Gasteiger partial charge in [0.2, 0.25) is 0 Å². The molecule has 2 unspecified atom stereocenters. The molecule has 0 saturated heterocycles. The lowest BCUT2D eigenvalue weighted by molar-refractivity contribution is 0.176. The molecule has 0 amide bonds. The monoisotopic (exact) mass is 362 g/mol. The van der Waals surface area contributed by atoms with Crippen LogP contribution in [0.15, 0.2) is 41.8 Å². The second-order valence-electron chi connectivity index (χ2n) is 6.31. The van der Waals surface area contributed by atoms with Gasteiger partial charge in [-0.1, -0.05) is 58.0 Å². The lowest BCUT2D eigenvalue weighted by atomic mass is 10.0. The fourth-order valence-corrected chi connectivity index (χ4v) is 7.13. The van der Waals surface area contributed by atoms with Crippen LogP contribution in [0.25, 0.3) is 0 Å². The van der Waals surface area contributed by atoms with Gasteiger partial charge in [0, 0.05) is 4.88 Å². The van der Waals surface area contributed by atoms with Crippen molar-refractivity contribution in [1.29, 1.82) is 0 Å². The van der Waals surface area contributed by atoms with Gasteiger partial charge in [0.15, 0.2) is 8.32 Å². The third-order valence-corrected chi connectivity index (χ3v) is 10.8. The second kappa shape index (κ2) is 8.95. The minimum Gasteiger partial charge on any atom is -0.410 e. The summed E-state index contributed by atoms with van der Waals surface area (Å²) in [7, 11) is -1.67. The van der Waals surface area contributed by atoms with Crippen molar-refractivity contribution in [3.8, 4) is 0 Å². The minimum absolute atomic E-state index is 0.0936. The van der Waals surface area contributed by atoms with Gasteiger partial charge in [-0.25, -0.2) is 0 Å². The van der Waals surface area contributed by atoms with Crippen LogP contribution in [0.3, 0.4) is 0 Å². The number of benzene rings is 1. The zero-order valence-corrected chi connectivity index (χ0v) is 17.1. The van der Waals surface area contributed by atoms with Crippen LogP contribution in [-0.2, 0) is 4.43 Å². The first-order chi connectivity index (χ1) is 11.6. The van der Waals surface area contributed by atoms with Crippen molar-refractivity contribution >= 4 is 19.7 Å². The van der Waals surface area contributed by atoms with Gasteiger partial charge in [0.1, 0.15) is 6.10 Å². The molecule has 2 aromatic rings. The van der Waals surface area contributed by atoms with Gasteiger partial charge in [-0.2, -0.15) is 0 Å². The smallest absolute Gasteiger partial charge is 0.192 e. The predicted molar refractivity (Wildman–Crippen MR) is 106 cm³/mol. The molecule has 1 aromatic heterocycles. The average molecular weight is 363 g/mol. The maximum absolute atomic E-state index is 10.8. The predicted octanol–water partition coefficient (Wildman–Crippen LogP) is 6.30. The highest BCUT2D eigenvalue weighted by molar-refractivity contribution is 7.10. The molecule has 0 spiro atoms. The van der Waals surface area contributed by atoms with E-state index in [4.69, 9.17) is 4.43 Å². The van der Waals surface area contributed by atoms with Crippen LogP contribution in [0.5, 0.6) is 0 Å². The molecule has 132 valence electrons. The molecule has 2 atom stereocenters. The highest BCUT2D eigenvalue weighted by atomic mass is 32.1. The first-order valence-corrected chi connectivity index (χ1v) is 12.5. The maximum atomic E-state index is 10.8. The molecular formula is C20H30O2SSi. The van der Waals surface area contributed by atoms with Crippen molar-refractivity contribution in [3.05, 3.63) is 57.8 Å². The number of aliphatic hydroxyl groups is 1. The molecule has 0 saturated carbocycles. The lowest BCUT2D eigenvalue weighted by Gasteiger charge is -2.33. The topological polar surface area (TPSA) is 29.5 Å². The van der Waals surface area contributed by atoms with Crippen molar-refractivity contribution in [3.63, 3.8) is 0 Å². The van der Waals surface area contributed by atoms with Gasteiger partial charge in [0.05, 0.1) is 6.10 Å². The second-order valence-corrected chi connectivity index (χ2v) is 12.0. The molecule has 2 rings (SSSR count). The molecule has 0 bridgehead atoms. The first kappa shape index (κ1) is 19.4. The number of hydrogen-bond donors (Lipinski definition) is 1. The maximum Gasteiger partial charge on any atom is 0.192 e. The van der Waals surface area contributed by atoms with E-state index in [0.29, 0.717) is 0 Å². The van der Waals surface area contributed by atoms with Crippen molar-refractivity contribution in [2.45, 2.75) is 64.5 Å². The molecule has 2 nitrogen and oxygen atoms in total. The van der Waals surface area contributed by atoms with Crippen molar-refractivity contribution in [2.24, 2.45) is 0 Å². The zero-order chi connectivity index (χ0) is 17.6. The standard InChI is InChI=1S/C20H30O2SSi/c1-5-18(22-24(6-2,7-3)8-4)17-14-15-23-20(17)19(21)16-12-10-9-11-13-16/h9-15,18-19,21H,5-8H2,1-4H3. The third-order valence-electron chi connectivity index (χ3n) is 5.13. The highest BCUT2D eigenvalue weighted by Crippen LogP contribution is 2.38. The molecule has 1 aromatic carbocycles. The van der Waals surface area contributed by atoms with Gasteiger partial charge >= 0.3 is 0 Å². The first-order valence-electron chi connectivity index (χ1n) is 9.08. The van der Waals surface area contributed by atoms with Gasteiger partial charge in [-0.05, 0) is 47.1 Å². The van der Waals surface area contributed by atoms with Crippen LogP contribution in [-0.4, -0.2) is 13.4 Å². The van der Waals surface area contributed by atoms with E-state index in [1.807, 2.05) is 30.3 Å². The summed E-state index contributed by atoms with van der Waals surface area (Å²) in [6, 6.07) is 15.5. The van der Waals surface area contributed by atoms with Gasteiger partial charge in [-0.15, -0.1) is 11.3 Å². The Bertz CT molecular complexity index is 599. The third kappa shape index (κ3) is 4.17. The molecule has 0 fully saturated rings. The van der Waals surface area contributed by atoms with E-state index in [-0.39, 0.29) is 6.10 Å². The molecular weight excluding hydrogens is 332 g/mol. The Morgan fingerprint density at radius 1 is 1.00 bits per heavy atom. The van der Waals surface area contributed by atoms with Gasteiger partial charge in [0.25, 0.3) is 0 Å². The molecule has 0 aliphatic carbocycles. The Kier molecular flexibility index (Phi) is 7.23. The number of aliphatic hydroxyl groups excluding tert-OH is 1. The summed E-state index contributed by atoms with van der Waals surface area (Å²) in [4.78, 5) is 1.03. The lowest BCUT2D eigenvalue weighted by Crippen LogP contribution is -2.37. The Hall–Kier alpha value is -0.943. The SMILES string of the molecule is CCC(O[Si](CC)(CC)CC)c1ccsc1C(O)c1ccccc1. The highest BCUT2D eigenvalue weighted by Gasteiger charge is 2.33. The summed E-state index contributed by atoms with van der Waals surface area (Å²) in [5.41, 5.74) is 2.12. The van der Waals surface area contributed by atoms with Crippen LogP contribution in [0, 0.1) is 0 Å². The molecule has 0 aliphatic heterocycles. The van der Waals surface area contributed by atoms with E-state index in [0.717, 1.165) is 35.0 Å². The van der Waals surface area contributed by atoms with Crippen molar-refractivity contribution in [2.75, 3.05) is 0 Å². The summed E-state index contributed by atoms with van der Waals surface area (Å²) >= 11 is 1.63. The van der Waals surface area contributed by atoms with Crippen molar-refractivity contribution in [1.82, 2.24) is 0 Å². The molecule has 1 heterocycles. The van der Waals surface area contributed by atoms with E-state index in [9.17, 15) is 5.11 Å². The Morgan fingerprint density at radius 3 is 2.17 bits per heavy atom. The summed E-state index contributed by atoms with van der Waals surface area (Å²) in [5, 5.41) is 12.9. The van der Waals surface area contributed by atoms with E-state index >= 15 is 0 Å². The number of hydrogen-bond acceptors (Lipinski definition) is 3. The summed E-state index contributed by atoms with van der Waals surface area (Å²) in [6.45, 7) is 8.97. The molecule has 0 radical (unpaired) electrons. The van der Waals surface area contributed by atoms with Crippen LogP contribution in [0.1, 0.15) is 62.3 Å². The molecule has 24 heavy (non-hydrogen) atoms. The number of rotatable bonds is 9. The van der Waals surface area contributed by atoms with E-state index in [1.54, 1.807) is 11.3 Å². The molecule has 0 aliphatic rings. The van der Waals surface area contributed by atoms with Gasteiger partial charge < -0.3 is 9.53 Å². The van der Waals surface area contributed by atoms with Crippen LogP contribution in [0.4, 0.5) is 0 Å². The summed E-state index contributed by atoms with van der Waals surface area (Å²) < 4.78 is 6.74. The fourth-order valence-electron chi connectivity index (χ4n) is 3.27. The largest absolute Gasteiger partial charge is 0.410 e. The van der Waals surface area contributed by atoms with Gasteiger partial charge in [-0.3, -0.25) is 0 Å². The van der Waals surface area contributed by atoms with Crippen LogP contribution in [0.2, 0.25) is 18.1 Å². The average Bonchev–Trinajstić information content (AvgIpc) is 3.13. The van der Waals surface area contributed by atoms with Crippen molar-refractivity contribution < 1.29 is 9.53 Å². The Morgan fingerprint density at radius 2 is 1.62 bits per heavy atom. The molecule has 4 heteroatoms. The fraction of sp³-hybridized carbons (Fsp3) is 0.500. The van der Waals surface area contributed by atoms with Crippen LogP contribution < -0.4 is 0 Å². The minimum atomic E-state index is -1.67. The summed E-state index contributed by atoms with van der Waals surface area (Å²) in [5.74, 6) is 0. The quantitative estimate of drug-likeness (QED) is 0.530. The zero-order valence-electron chi connectivity index (χ0n) is 15.3. The Labute approximate surface area is 151 Å². The molecule has 1 N–H and O–H groups in total. The Balaban J connectivity index is 2.29. The van der Waals surface area contributed by atoms with Crippen LogP contribution >= 0.6 is 11.3 Å². The number of thiophene rings is 1. The van der Waals surface area contributed by atoms with E-state index < -0.39 is 14.4 Å². The van der Waals surface area contributed by atoms with E-state index in [2.05, 4.69) is 39.1 Å². The summed E-state index contributed by atoms with van der Waals surface area (Å²) in [6.07, 6.45) is 0.468. The normalized spacial score (nSPS) is 14.5.